The average molecular weight is 244 g/mol. The van der Waals surface area contributed by atoms with Crippen molar-refractivity contribution in [2.24, 2.45) is 0 Å². The van der Waals surface area contributed by atoms with Crippen LogP contribution in [0.15, 0.2) is 4.60 Å². The lowest BCUT2D eigenvalue weighted by atomic mass is 10.3. The molecular weight excluding hydrogens is 230 g/mol. The van der Waals surface area contributed by atoms with E-state index in [0.717, 1.165) is 37.1 Å². The highest BCUT2D eigenvalue weighted by molar-refractivity contribution is 9.10. The minimum absolute atomic E-state index is 0.942. The first-order valence-corrected chi connectivity index (χ1v) is 5.56. The Morgan fingerprint density at radius 1 is 1.62 bits per heavy atom. The van der Waals surface area contributed by atoms with Gasteiger partial charge in [0.05, 0.1) is 5.69 Å². The van der Waals surface area contributed by atoms with Gasteiger partial charge in [-0.2, -0.15) is 0 Å². The molecule has 1 N–H and O–H groups in total. The predicted molar refractivity (Wildman–Crippen MR) is 55.6 cm³/mol. The lowest BCUT2D eigenvalue weighted by Gasteiger charge is -2.17. The van der Waals surface area contributed by atoms with Crippen LogP contribution in [-0.2, 0) is 19.5 Å². The number of imidazole rings is 1. The summed E-state index contributed by atoms with van der Waals surface area (Å²) in [5, 5.41) is 3.35. The first-order valence-electron chi connectivity index (χ1n) is 4.77. The second kappa shape index (κ2) is 3.80. The van der Waals surface area contributed by atoms with Crippen LogP contribution in [0.25, 0.3) is 0 Å². The predicted octanol–water partition coefficient (Wildman–Crippen LogP) is 1.70. The number of hydrogen-bond acceptors (Lipinski definition) is 2. The monoisotopic (exact) mass is 243 g/mol. The van der Waals surface area contributed by atoms with E-state index in [1.165, 1.54) is 11.5 Å². The number of nitrogens with one attached hydrogen (secondary N) is 1. The Bertz CT molecular complexity index is 306. The van der Waals surface area contributed by atoms with Gasteiger partial charge in [0.2, 0.25) is 0 Å². The molecule has 1 aliphatic rings. The van der Waals surface area contributed by atoms with Gasteiger partial charge in [0.1, 0.15) is 10.4 Å². The smallest absolute Gasteiger partial charge is 0.128 e. The zero-order chi connectivity index (χ0) is 9.26. The van der Waals surface area contributed by atoms with Crippen molar-refractivity contribution in [2.45, 2.75) is 32.9 Å². The molecule has 0 aliphatic carbocycles. The summed E-state index contributed by atoms with van der Waals surface area (Å²) in [5.74, 6) is 1.23. The lowest BCUT2D eigenvalue weighted by Crippen LogP contribution is -2.28. The van der Waals surface area contributed by atoms with E-state index in [1.54, 1.807) is 0 Å². The number of rotatable bonds is 2. The maximum atomic E-state index is 4.52. The van der Waals surface area contributed by atoms with Gasteiger partial charge >= 0.3 is 0 Å². The Kier molecular flexibility index (Phi) is 2.69. The molecule has 2 heterocycles. The molecule has 72 valence electrons. The lowest BCUT2D eigenvalue weighted by molar-refractivity contribution is 0.498. The molecule has 13 heavy (non-hydrogen) atoms. The van der Waals surface area contributed by atoms with Crippen LogP contribution in [0.4, 0.5) is 0 Å². The van der Waals surface area contributed by atoms with Crippen molar-refractivity contribution in [3.63, 3.8) is 0 Å². The van der Waals surface area contributed by atoms with Crippen molar-refractivity contribution in [3.05, 3.63) is 16.1 Å². The Hall–Kier alpha value is -0.350. The van der Waals surface area contributed by atoms with Gasteiger partial charge in [-0.15, -0.1) is 0 Å². The van der Waals surface area contributed by atoms with Crippen molar-refractivity contribution in [1.82, 2.24) is 14.9 Å². The van der Waals surface area contributed by atoms with Crippen LogP contribution in [0.5, 0.6) is 0 Å². The molecular formula is C9H14BrN3. The van der Waals surface area contributed by atoms with E-state index in [0.29, 0.717) is 0 Å². The molecule has 0 saturated heterocycles. The Balaban J connectivity index is 2.36. The van der Waals surface area contributed by atoms with E-state index in [2.05, 4.69) is 37.7 Å². The number of fused-ring (bicyclic) bond motifs is 1. The number of aromatic nitrogens is 2. The zero-order valence-corrected chi connectivity index (χ0v) is 9.39. The van der Waals surface area contributed by atoms with Gasteiger partial charge < -0.3 is 9.88 Å². The molecule has 0 bridgehead atoms. The standard InChI is InChI=1S/C9H14BrN3/c1-2-3-8-12-9(10)7-6-11-4-5-13(7)8/h11H,2-6H2,1H3. The maximum Gasteiger partial charge on any atom is 0.128 e. The largest absolute Gasteiger partial charge is 0.329 e. The van der Waals surface area contributed by atoms with Gasteiger partial charge in [0, 0.05) is 26.1 Å². The molecule has 0 amide bonds. The molecule has 4 heteroatoms. The fourth-order valence-corrected chi connectivity index (χ4v) is 2.31. The van der Waals surface area contributed by atoms with Crippen LogP contribution >= 0.6 is 15.9 Å². The molecule has 0 atom stereocenters. The maximum absolute atomic E-state index is 4.52. The highest BCUT2D eigenvalue weighted by Gasteiger charge is 2.16. The minimum Gasteiger partial charge on any atom is -0.329 e. The fraction of sp³-hybridized carbons (Fsp3) is 0.667. The Morgan fingerprint density at radius 2 is 2.46 bits per heavy atom. The van der Waals surface area contributed by atoms with Crippen LogP contribution in [0.2, 0.25) is 0 Å². The molecule has 1 aliphatic heterocycles. The van der Waals surface area contributed by atoms with Crippen LogP contribution in [0, 0.1) is 0 Å². The molecule has 0 spiro atoms. The van der Waals surface area contributed by atoms with E-state index in [4.69, 9.17) is 0 Å². The average Bonchev–Trinajstić information content (AvgIpc) is 2.46. The Labute approximate surface area is 86.7 Å². The number of halogens is 1. The van der Waals surface area contributed by atoms with Gasteiger partial charge in [-0.25, -0.2) is 4.98 Å². The highest BCUT2D eigenvalue weighted by Crippen LogP contribution is 2.20. The molecule has 1 aromatic heterocycles. The first-order chi connectivity index (χ1) is 6.33. The topological polar surface area (TPSA) is 29.9 Å². The second-order valence-electron chi connectivity index (χ2n) is 3.34. The zero-order valence-electron chi connectivity index (χ0n) is 7.81. The van der Waals surface area contributed by atoms with Crippen molar-refractivity contribution in [2.75, 3.05) is 6.54 Å². The summed E-state index contributed by atoms with van der Waals surface area (Å²) >= 11 is 3.50. The van der Waals surface area contributed by atoms with Crippen molar-refractivity contribution in [1.29, 1.82) is 0 Å². The third kappa shape index (κ3) is 1.65. The summed E-state index contributed by atoms with van der Waals surface area (Å²) in [6.07, 6.45) is 2.24. The van der Waals surface area contributed by atoms with E-state index >= 15 is 0 Å². The van der Waals surface area contributed by atoms with Crippen molar-refractivity contribution < 1.29 is 0 Å². The number of aryl methyl sites for hydroxylation is 1. The quantitative estimate of drug-likeness (QED) is 0.858. The van der Waals surface area contributed by atoms with E-state index in [9.17, 15) is 0 Å². The third-order valence-electron chi connectivity index (χ3n) is 2.38. The summed E-state index contributed by atoms with van der Waals surface area (Å²) in [4.78, 5) is 4.52. The van der Waals surface area contributed by atoms with E-state index < -0.39 is 0 Å². The Morgan fingerprint density at radius 3 is 3.23 bits per heavy atom. The van der Waals surface area contributed by atoms with Crippen LogP contribution in [0.1, 0.15) is 24.9 Å². The van der Waals surface area contributed by atoms with Gasteiger partial charge in [-0.05, 0) is 22.4 Å². The molecule has 3 nitrogen and oxygen atoms in total. The molecule has 0 radical (unpaired) electrons. The second-order valence-corrected chi connectivity index (χ2v) is 4.10. The molecule has 2 rings (SSSR count). The van der Waals surface area contributed by atoms with Crippen molar-refractivity contribution >= 4 is 15.9 Å². The fourth-order valence-electron chi connectivity index (χ4n) is 1.75. The summed E-state index contributed by atoms with van der Waals surface area (Å²) in [6.45, 7) is 5.25. The molecule has 1 aromatic rings. The van der Waals surface area contributed by atoms with Crippen LogP contribution in [-0.4, -0.2) is 16.1 Å². The van der Waals surface area contributed by atoms with Crippen LogP contribution in [0.3, 0.4) is 0 Å². The van der Waals surface area contributed by atoms with Gasteiger partial charge in [-0.1, -0.05) is 6.92 Å². The van der Waals surface area contributed by atoms with Gasteiger partial charge in [-0.3, -0.25) is 0 Å². The van der Waals surface area contributed by atoms with Crippen molar-refractivity contribution in [3.8, 4) is 0 Å². The van der Waals surface area contributed by atoms with Gasteiger partial charge in [0.15, 0.2) is 0 Å². The first kappa shape index (κ1) is 9.21. The summed E-state index contributed by atoms with van der Waals surface area (Å²) in [6, 6.07) is 0. The minimum atomic E-state index is 0.942. The molecule has 0 unspecified atom stereocenters. The van der Waals surface area contributed by atoms with Gasteiger partial charge in [0.25, 0.3) is 0 Å². The third-order valence-corrected chi connectivity index (χ3v) is 3.02. The molecule has 0 aromatic carbocycles. The normalized spacial score (nSPS) is 15.8. The summed E-state index contributed by atoms with van der Waals surface area (Å²) < 4.78 is 3.35. The SMILES string of the molecule is CCCc1nc(Br)c2n1CCNC2. The summed E-state index contributed by atoms with van der Waals surface area (Å²) in [5.41, 5.74) is 1.30. The molecule has 0 fully saturated rings. The van der Waals surface area contributed by atoms with Crippen LogP contribution < -0.4 is 5.32 Å². The molecule has 0 saturated carbocycles. The summed E-state index contributed by atoms with van der Waals surface area (Å²) in [7, 11) is 0. The number of hydrogen-bond donors (Lipinski definition) is 1. The van der Waals surface area contributed by atoms with E-state index in [-0.39, 0.29) is 0 Å². The highest BCUT2D eigenvalue weighted by atomic mass is 79.9. The van der Waals surface area contributed by atoms with E-state index in [1.807, 2.05) is 0 Å². The number of nitrogens with zero attached hydrogens (tertiary/aromatic N) is 2.